The maximum atomic E-state index is 12.7. The highest BCUT2D eigenvalue weighted by Gasteiger charge is 2.19. The third kappa shape index (κ3) is 4.44. The number of hydrogen-bond donors (Lipinski definition) is 2. The van der Waals surface area contributed by atoms with Crippen molar-refractivity contribution in [3.05, 3.63) is 70.4 Å². The van der Waals surface area contributed by atoms with Crippen molar-refractivity contribution in [2.24, 2.45) is 0 Å². The van der Waals surface area contributed by atoms with E-state index in [2.05, 4.69) is 20.3 Å². The standard InChI is InChI=1S/C20H16ClN3O5/c1-28-19(26)12-6-7-14(20(27)29-2)16(9-12)22-18(25)17-10-15(23-24-17)11-4-3-5-13(21)8-11/h3-10H,1-2H3,(H,22,25)(H,23,24). The molecule has 29 heavy (non-hydrogen) atoms. The number of amides is 1. The molecule has 148 valence electrons. The number of nitrogens with zero attached hydrogens (tertiary/aromatic N) is 1. The number of aromatic nitrogens is 2. The molecule has 0 bridgehead atoms. The van der Waals surface area contributed by atoms with E-state index < -0.39 is 17.8 Å². The van der Waals surface area contributed by atoms with Crippen LogP contribution in [0.4, 0.5) is 5.69 Å². The Balaban J connectivity index is 1.90. The van der Waals surface area contributed by atoms with Gasteiger partial charge in [0.1, 0.15) is 5.69 Å². The van der Waals surface area contributed by atoms with Crippen LogP contribution in [0, 0.1) is 0 Å². The lowest BCUT2D eigenvalue weighted by molar-refractivity contribution is 0.0587. The van der Waals surface area contributed by atoms with Gasteiger partial charge in [-0.25, -0.2) is 9.59 Å². The molecule has 3 aromatic rings. The van der Waals surface area contributed by atoms with E-state index in [9.17, 15) is 14.4 Å². The number of aromatic amines is 1. The number of carbonyl (C=O) groups excluding carboxylic acids is 3. The minimum atomic E-state index is -0.666. The lowest BCUT2D eigenvalue weighted by atomic mass is 10.1. The first-order valence-corrected chi connectivity index (χ1v) is 8.74. The van der Waals surface area contributed by atoms with E-state index in [-0.39, 0.29) is 22.5 Å². The summed E-state index contributed by atoms with van der Waals surface area (Å²) in [7, 11) is 2.45. The molecule has 8 nitrogen and oxygen atoms in total. The van der Waals surface area contributed by atoms with Crippen LogP contribution in [0.5, 0.6) is 0 Å². The average Bonchev–Trinajstić information content (AvgIpc) is 3.23. The van der Waals surface area contributed by atoms with Gasteiger partial charge in [0.25, 0.3) is 5.91 Å². The molecule has 1 amide bonds. The van der Waals surface area contributed by atoms with Gasteiger partial charge in [-0.15, -0.1) is 0 Å². The minimum Gasteiger partial charge on any atom is -0.465 e. The van der Waals surface area contributed by atoms with Gasteiger partial charge in [-0.1, -0.05) is 23.7 Å². The van der Waals surface area contributed by atoms with Gasteiger partial charge in [0.05, 0.1) is 36.7 Å². The molecule has 0 aliphatic heterocycles. The summed E-state index contributed by atoms with van der Waals surface area (Å²) in [5, 5.41) is 9.89. The van der Waals surface area contributed by atoms with Crippen molar-refractivity contribution < 1.29 is 23.9 Å². The van der Waals surface area contributed by atoms with Gasteiger partial charge in [0.15, 0.2) is 0 Å². The number of halogens is 1. The summed E-state index contributed by atoms with van der Waals surface area (Å²) in [6.07, 6.45) is 0. The third-order valence-electron chi connectivity index (χ3n) is 4.04. The monoisotopic (exact) mass is 413 g/mol. The Bertz CT molecular complexity index is 1090. The summed E-state index contributed by atoms with van der Waals surface area (Å²) in [5.74, 6) is -1.83. The second kappa shape index (κ2) is 8.57. The zero-order valence-corrected chi connectivity index (χ0v) is 16.2. The fourth-order valence-electron chi connectivity index (χ4n) is 2.60. The van der Waals surface area contributed by atoms with Gasteiger partial charge in [0, 0.05) is 10.6 Å². The predicted octanol–water partition coefficient (Wildman–Crippen LogP) is 3.56. The Morgan fingerprint density at radius 3 is 2.45 bits per heavy atom. The Labute approximate surface area is 170 Å². The number of ether oxygens (including phenoxy) is 2. The van der Waals surface area contributed by atoms with Crippen molar-refractivity contribution >= 4 is 35.1 Å². The average molecular weight is 414 g/mol. The normalized spacial score (nSPS) is 10.3. The van der Waals surface area contributed by atoms with E-state index in [0.29, 0.717) is 10.7 Å². The molecule has 2 N–H and O–H groups in total. The summed E-state index contributed by atoms with van der Waals surface area (Å²) in [6, 6.07) is 12.7. The first-order chi connectivity index (χ1) is 13.9. The topological polar surface area (TPSA) is 110 Å². The summed E-state index contributed by atoms with van der Waals surface area (Å²) >= 11 is 5.99. The lowest BCUT2D eigenvalue weighted by Gasteiger charge is -2.10. The van der Waals surface area contributed by atoms with E-state index in [1.165, 1.54) is 32.4 Å². The van der Waals surface area contributed by atoms with Gasteiger partial charge < -0.3 is 14.8 Å². The van der Waals surface area contributed by atoms with Crippen molar-refractivity contribution in [3.8, 4) is 11.3 Å². The van der Waals surface area contributed by atoms with Gasteiger partial charge >= 0.3 is 11.9 Å². The van der Waals surface area contributed by atoms with E-state index >= 15 is 0 Å². The van der Waals surface area contributed by atoms with Gasteiger partial charge in [-0.2, -0.15) is 5.10 Å². The molecular formula is C20H16ClN3O5. The number of methoxy groups -OCH3 is 2. The highest BCUT2D eigenvalue weighted by atomic mass is 35.5. The van der Waals surface area contributed by atoms with Gasteiger partial charge in [0.2, 0.25) is 0 Å². The fraction of sp³-hybridized carbons (Fsp3) is 0.100. The van der Waals surface area contributed by atoms with Crippen molar-refractivity contribution in [2.75, 3.05) is 19.5 Å². The molecule has 0 spiro atoms. The van der Waals surface area contributed by atoms with E-state index in [1.807, 2.05) is 0 Å². The molecule has 0 saturated carbocycles. The number of benzene rings is 2. The van der Waals surface area contributed by atoms with Gasteiger partial charge in [-0.3, -0.25) is 9.89 Å². The summed E-state index contributed by atoms with van der Waals surface area (Å²) in [4.78, 5) is 36.4. The Morgan fingerprint density at radius 1 is 1.00 bits per heavy atom. The second-order valence-corrected chi connectivity index (χ2v) is 6.31. The molecule has 9 heteroatoms. The van der Waals surface area contributed by atoms with E-state index in [0.717, 1.165) is 5.56 Å². The zero-order valence-electron chi connectivity index (χ0n) is 15.5. The van der Waals surface area contributed by atoms with Crippen LogP contribution in [0.2, 0.25) is 5.02 Å². The van der Waals surface area contributed by atoms with E-state index in [4.69, 9.17) is 16.3 Å². The van der Waals surface area contributed by atoms with Crippen molar-refractivity contribution in [1.82, 2.24) is 10.2 Å². The third-order valence-corrected chi connectivity index (χ3v) is 4.27. The summed E-state index contributed by atoms with van der Waals surface area (Å²) < 4.78 is 9.40. The van der Waals surface area contributed by atoms with Crippen LogP contribution in [0.25, 0.3) is 11.3 Å². The van der Waals surface area contributed by atoms with Crippen molar-refractivity contribution in [3.63, 3.8) is 0 Å². The molecule has 0 atom stereocenters. The van der Waals surface area contributed by atoms with Crippen LogP contribution in [0.3, 0.4) is 0 Å². The highest BCUT2D eigenvalue weighted by Crippen LogP contribution is 2.23. The van der Waals surface area contributed by atoms with Crippen LogP contribution >= 0.6 is 11.6 Å². The Hall–Kier alpha value is -3.65. The molecular weight excluding hydrogens is 398 g/mol. The predicted molar refractivity (Wildman–Crippen MR) is 106 cm³/mol. The van der Waals surface area contributed by atoms with Crippen LogP contribution in [0.15, 0.2) is 48.5 Å². The maximum Gasteiger partial charge on any atom is 0.339 e. The lowest BCUT2D eigenvalue weighted by Crippen LogP contribution is -2.17. The smallest absolute Gasteiger partial charge is 0.339 e. The number of anilines is 1. The summed E-state index contributed by atoms with van der Waals surface area (Å²) in [5.41, 5.74) is 1.76. The number of rotatable bonds is 5. The van der Waals surface area contributed by atoms with E-state index in [1.54, 1.807) is 30.3 Å². The van der Waals surface area contributed by atoms with Crippen LogP contribution in [0.1, 0.15) is 31.2 Å². The molecule has 0 fully saturated rings. The number of carbonyl (C=O) groups is 3. The fourth-order valence-corrected chi connectivity index (χ4v) is 2.79. The molecule has 0 unspecified atom stereocenters. The van der Waals surface area contributed by atoms with Gasteiger partial charge in [-0.05, 0) is 36.4 Å². The Kier molecular flexibility index (Phi) is 5.94. The minimum absolute atomic E-state index is 0.0862. The molecule has 1 aromatic heterocycles. The van der Waals surface area contributed by atoms with Crippen LogP contribution in [-0.4, -0.2) is 42.3 Å². The summed E-state index contributed by atoms with van der Waals surface area (Å²) in [6.45, 7) is 0. The van der Waals surface area contributed by atoms with Crippen LogP contribution < -0.4 is 5.32 Å². The van der Waals surface area contributed by atoms with Crippen molar-refractivity contribution in [1.29, 1.82) is 0 Å². The number of esters is 2. The zero-order chi connectivity index (χ0) is 21.0. The number of hydrogen-bond acceptors (Lipinski definition) is 6. The second-order valence-electron chi connectivity index (χ2n) is 5.87. The molecule has 3 rings (SSSR count). The first kappa shape index (κ1) is 20.1. The Morgan fingerprint density at radius 2 is 1.76 bits per heavy atom. The SMILES string of the molecule is COC(=O)c1ccc(C(=O)OC)c(NC(=O)c2cc(-c3cccc(Cl)c3)n[nH]2)c1. The number of nitrogens with one attached hydrogen (secondary N) is 2. The molecule has 0 aliphatic carbocycles. The first-order valence-electron chi connectivity index (χ1n) is 8.36. The number of H-pyrrole nitrogens is 1. The van der Waals surface area contributed by atoms with Crippen molar-refractivity contribution in [2.45, 2.75) is 0 Å². The largest absolute Gasteiger partial charge is 0.465 e. The van der Waals surface area contributed by atoms with Crippen LogP contribution in [-0.2, 0) is 9.47 Å². The molecule has 0 aliphatic rings. The molecule has 0 radical (unpaired) electrons. The molecule has 2 aromatic carbocycles. The highest BCUT2D eigenvalue weighted by molar-refractivity contribution is 6.30. The molecule has 0 saturated heterocycles. The maximum absolute atomic E-state index is 12.7. The quantitative estimate of drug-likeness (QED) is 0.619. The molecule has 1 heterocycles.